The molecule has 1 aliphatic rings. The van der Waals surface area contributed by atoms with Crippen molar-refractivity contribution in [3.63, 3.8) is 0 Å². The van der Waals surface area contributed by atoms with Gasteiger partial charge in [-0.05, 0) is 14.0 Å². The lowest BCUT2D eigenvalue weighted by atomic mass is 10.3. The summed E-state index contributed by atoms with van der Waals surface area (Å²) in [6.07, 6.45) is 0. The number of likely N-dealkylation sites (N-methyl/N-ethyl adjacent to an activating group) is 2. The fourth-order valence-corrected chi connectivity index (χ4v) is 0.996. The fourth-order valence-electron chi connectivity index (χ4n) is 0.996. The Morgan fingerprint density at radius 2 is 2.50 bits per heavy atom. The van der Waals surface area contributed by atoms with Gasteiger partial charge in [0.25, 0.3) is 0 Å². The lowest BCUT2D eigenvalue weighted by Crippen LogP contribution is -2.28. The molecule has 0 saturated heterocycles. The number of nitrogens with zero attached hydrogens (tertiary/aromatic N) is 3. The molecule has 0 fully saturated rings. The van der Waals surface area contributed by atoms with E-state index in [1.54, 1.807) is 0 Å². The molecule has 4 nitrogen and oxygen atoms in total. The van der Waals surface area contributed by atoms with E-state index in [0.29, 0.717) is 6.04 Å². The van der Waals surface area contributed by atoms with Gasteiger partial charge in [0.1, 0.15) is 6.04 Å². The van der Waals surface area contributed by atoms with Crippen LogP contribution in [0.5, 0.6) is 0 Å². The maximum absolute atomic E-state index is 4.07. The SMILES string of the molecule is CCN1CC(CNC)N=N1. The molecule has 1 rings (SSSR count). The predicted octanol–water partition coefficient (Wildman–Crippen LogP) is 0.277. The zero-order valence-electron chi connectivity index (χ0n) is 6.54. The third kappa shape index (κ3) is 1.67. The van der Waals surface area contributed by atoms with Crippen molar-refractivity contribution in [2.75, 3.05) is 26.7 Å². The maximum atomic E-state index is 4.07. The lowest BCUT2D eigenvalue weighted by molar-refractivity contribution is 0.324. The molecule has 1 unspecified atom stereocenters. The van der Waals surface area contributed by atoms with Crippen LogP contribution in [0.15, 0.2) is 10.3 Å². The maximum Gasteiger partial charge on any atom is 0.104 e. The molecule has 4 heteroatoms. The molecule has 1 heterocycles. The van der Waals surface area contributed by atoms with E-state index in [0.717, 1.165) is 19.6 Å². The van der Waals surface area contributed by atoms with Crippen LogP contribution < -0.4 is 5.32 Å². The Bertz CT molecular complexity index is 123. The van der Waals surface area contributed by atoms with Gasteiger partial charge in [0, 0.05) is 13.1 Å². The Hall–Kier alpha value is -0.640. The molecular formula is C6H14N4. The molecule has 1 atom stereocenters. The third-order valence-electron chi connectivity index (χ3n) is 1.57. The zero-order chi connectivity index (χ0) is 7.40. The highest BCUT2D eigenvalue weighted by atomic mass is 15.6. The Morgan fingerprint density at radius 1 is 1.70 bits per heavy atom. The van der Waals surface area contributed by atoms with Crippen molar-refractivity contribution in [1.82, 2.24) is 10.3 Å². The molecule has 0 aromatic rings. The van der Waals surface area contributed by atoms with Crippen molar-refractivity contribution in [3.05, 3.63) is 0 Å². The molecule has 0 spiro atoms. The molecule has 58 valence electrons. The van der Waals surface area contributed by atoms with Crippen molar-refractivity contribution in [3.8, 4) is 0 Å². The van der Waals surface area contributed by atoms with Gasteiger partial charge in [-0.25, -0.2) is 0 Å². The quantitative estimate of drug-likeness (QED) is 0.614. The van der Waals surface area contributed by atoms with Crippen LogP contribution in [0.25, 0.3) is 0 Å². The predicted molar refractivity (Wildman–Crippen MR) is 39.8 cm³/mol. The zero-order valence-corrected chi connectivity index (χ0v) is 6.54. The summed E-state index contributed by atoms with van der Waals surface area (Å²) >= 11 is 0. The summed E-state index contributed by atoms with van der Waals surface area (Å²) in [5.74, 6) is 0. The average molecular weight is 142 g/mol. The molecule has 0 aromatic carbocycles. The summed E-state index contributed by atoms with van der Waals surface area (Å²) in [7, 11) is 1.93. The highest BCUT2D eigenvalue weighted by Gasteiger charge is 2.15. The summed E-state index contributed by atoms with van der Waals surface area (Å²) in [6, 6.07) is 0.366. The summed E-state index contributed by atoms with van der Waals surface area (Å²) in [6.45, 7) is 4.95. The van der Waals surface area contributed by atoms with E-state index in [2.05, 4.69) is 22.6 Å². The Labute approximate surface area is 61.3 Å². The first-order valence-corrected chi connectivity index (χ1v) is 3.67. The van der Waals surface area contributed by atoms with Crippen molar-refractivity contribution >= 4 is 0 Å². The number of hydrogen-bond donors (Lipinski definition) is 1. The van der Waals surface area contributed by atoms with Gasteiger partial charge in [-0.15, -0.1) is 0 Å². The largest absolute Gasteiger partial charge is 0.317 e. The van der Waals surface area contributed by atoms with Crippen molar-refractivity contribution in [2.24, 2.45) is 10.3 Å². The molecule has 0 saturated carbocycles. The van der Waals surface area contributed by atoms with Crippen molar-refractivity contribution < 1.29 is 0 Å². The van der Waals surface area contributed by atoms with E-state index in [4.69, 9.17) is 0 Å². The van der Waals surface area contributed by atoms with E-state index in [-0.39, 0.29) is 0 Å². The molecule has 10 heavy (non-hydrogen) atoms. The first-order valence-electron chi connectivity index (χ1n) is 3.67. The summed E-state index contributed by atoms with van der Waals surface area (Å²) in [4.78, 5) is 0. The van der Waals surface area contributed by atoms with Gasteiger partial charge in [-0.2, -0.15) is 5.11 Å². The second-order valence-corrected chi connectivity index (χ2v) is 2.42. The Balaban J connectivity index is 2.24. The minimum atomic E-state index is 0.366. The second-order valence-electron chi connectivity index (χ2n) is 2.42. The highest BCUT2D eigenvalue weighted by molar-refractivity contribution is 4.73. The number of nitrogens with one attached hydrogen (secondary N) is 1. The fraction of sp³-hybridized carbons (Fsp3) is 1.00. The summed E-state index contributed by atoms with van der Waals surface area (Å²) in [5.41, 5.74) is 0. The van der Waals surface area contributed by atoms with Gasteiger partial charge in [0.15, 0.2) is 0 Å². The van der Waals surface area contributed by atoms with Crippen LogP contribution >= 0.6 is 0 Å². The highest BCUT2D eigenvalue weighted by Crippen LogP contribution is 2.06. The summed E-state index contributed by atoms with van der Waals surface area (Å²) in [5, 5.41) is 13.1. The second kappa shape index (κ2) is 3.51. The smallest absolute Gasteiger partial charge is 0.104 e. The van der Waals surface area contributed by atoms with Crippen LogP contribution in [-0.4, -0.2) is 37.7 Å². The minimum Gasteiger partial charge on any atom is -0.317 e. The molecule has 1 aliphatic heterocycles. The third-order valence-corrected chi connectivity index (χ3v) is 1.57. The minimum absolute atomic E-state index is 0.366. The van der Waals surface area contributed by atoms with Gasteiger partial charge >= 0.3 is 0 Å². The molecule has 0 aromatic heterocycles. The normalized spacial score (nSPS) is 24.2. The molecule has 0 radical (unpaired) electrons. The van der Waals surface area contributed by atoms with E-state index in [1.807, 2.05) is 12.1 Å². The number of hydrogen-bond acceptors (Lipinski definition) is 4. The van der Waals surface area contributed by atoms with Crippen LogP contribution in [-0.2, 0) is 0 Å². The first-order chi connectivity index (χ1) is 4.86. The van der Waals surface area contributed by atoms with Crippen molar-refractivity contribution in [1.29, 1.82) is 0 Å². The Kier molecular flexibility index (Phi) is 2.62. The van der Waals surface area contributed by atoms with Crippen LogP contribution in [0, 0.1) is 0 Å². The van der Waals surface area contributed by atoms with Gasteiger partial charge < -0.3 is 5.32 Å². The first kappa shape index (κ1) is 7.47. The molecular weight excluding hydrogens is 128 g/mol. The molecule has 0 aliphatic carbocycles. The number of rotatable bonds is 3. The van der Waals surface area contributed by atoms with Crippen LogP contribution in [0.3, 0.4) is 0 Å². The topological polar surface area (TPSA) is 40.0 Å². The van der Waals surface area contributed by atoms with E-state index < -0.39 is 0 Å². The van der Waals surface area contributed by atoms with Gasteiger partial charge in [-0.3, -0.25) is 5.01 Å². The van der Waals surface area contributed by atoms with Crippen LogP contribution in [0.1, 0.15) is 6.92 Å². The monoisotopic (exact) mass is 142 g/mol. The van der Waals surface area contributed by atoms with E-state index in [9.17, 15) is 0 Å². The van der Waals surface area contributed by atoms with Gasteiger partial charge in [0.05, 0.1) is 6.54 Å². The van der Waals surface area contributed by atoms with Crippen LogP contribution in [0.4, 0.5) is 0 Å². The molecule has 0 bridgehead atoms. The summed E-state index contributed by atoms with van der Waals surface area (Å²) < 4.78 is 0. The average Bonchev–Trinajstić information content (AvgIpc) is 2.37. The van der Waals surface area contributed by atoms with Gasteiger partial charge in [-0.1, -0.05) is 5.22 Å². The lowest BCUT2D eigenvalue weighted by Gasteiger charge is -2.09. The van der Waals surface area contributed by atoms with Gasteiger partial charge in [0.2, 0.25) is 0 Å². The molecule has 0 amide bonds. The van der Waals surface area contributed by atoms with E-state index >= 15 is 0 Å². The van der Waals surface area contributed by atoms with Crippen LogP contribution in [0.2, 0.25) is 0 Å². The van der Waals surface area contributed by atoms with E-state index in [1.165, 1.54) is 0 Å². The van der Waals surface area contributed by atoms with Crippen molar-refractivity contribution in [2.45, 2.75) is 13.0 Å². The molecule has 1 N–H and O–H groups in total. The Morgan fingerprint density at radius 3 is 3.00 bits per heavy atom. The standard InChI is InChI=1S/C6H14N4/c1-3-10-5-6(4-7-2)8-9-10/h6-7H,3-5H2,1-2H3.